The molecule has 107 heavy (non-hydrogen) atoms. The van der Waals surface area contributed by atoms with Crippen LogP contribution in [0.15, 0.2) is 201 Å². The van der Waals surface area contributed by atoms with Crippen LogP contribution in [0.1, 0.15) is 36.5 Å². The minimum absolute atomic E-state index is 0.0142. The fourth-order valence-corrected chi connectivity index (χ4v) is 12.1. The van der Waals surface area contributed by atoms with Crippen molar-refractivity contribution in [2.75, 3.05) is 26.4 Å². The van der Waals surface area contributed by atoms with Crippen LogP contribution >= 0.6 is 92.8 Å². The van der Waals surface area contributed by atoms with Gasteiger partial charge in [0.25, 0.3) is 5.92 Å². The molecule has 0 aliphatic carbocycles. The lowest BCUT2D eigenvalue weighted by Crippen LogP contribution is -2.10. The zero-order valence-electron chi connectivity index (χ0n) is 55.6. The van der Waals surface area contributed by atoms with Crippen LogP contribution < -0.4 is 18.9 Å². The minimum atomic E-state index is -3.07. The monoisotopic (exact) mass is 1600 g/mol. The number of hydrogen-bond acceptors (Lipinski definition) is 21. The van der Waals surface area contributed by atoms with Gasteiger partial charge in [0.1, 0.15) is 67.0 Å². The Hall–Kier alpha value is -10.9. The molecule has 0 radical (unpaired) electrons. The smallest absolute Gasteiger partial charge is 0.324 e. The standard InChI is InChI=1S/C20H15Cl2F2N5O.C18H12Cl3N5O.C18H13Cl2N5O.C16H11ClN4O3/c1-20(23,24)12-8-14(21)17-16(9-12)29(11-27-17)18-15(22)10-26-19(28-18)30-7-5-13-4-2-3-6-25-13;19-11-7-12(24-16(21)8-11)5-6-27-18-22-9-13(20)17(25-18)26-10-23-14-3-1-2-4-15(14)26;19-13-10-21-18(26-9-8-12-4-3-7-16(20)23-12)24-17(13)25-11-22-14-5-1-2-6-15(14)25;1-9-14(13(22)7-23-9)24-16-18-6-10(17)15(20-16)21-8-19-11-4-2-3-5-12(11)21/h2-4,6,8-11H,5,7H2,1H3;1-4,7-10H,5-6H2;1-7,10-11H,8-9H2;2-6,8H,7H2,1H3. The normalized spacial score (nSPS) is 12.0. The van der Waals surface area contributed by atoms with E-state index < -0.39 is 5.92 Å². The molecule has 12 heterocycles. The number of Topliss-reactive ketones (excluding diaryl/α,β-unsaturated/α-hetero) is 1. The van der Waals surface area contributed by atoms with Gasteiger partial charge in [-0.3, -0.25) is 28.0 Å². The Labute approximate surface area is 645 Å². The number of rotatable bonds is 19. The highest BCUT2D eigenvalue weighted by atomic mass is 35.5. The summed E-state index contributed by atoms with van der Waals surface area (Å²) in [6, 6.07) is 40.5. The number of fused-ring (bicyclic) bond motifs is 4. The number of alkyl halides is 2. The van der Waals surface area contributed by atoms with Gasteiger partial charge in [0, 0.05) is 60.1 Å². The van der Waals surface area contributed by atoms with Gasteiger partial charge >= 0.3 is 24.0 Å². The van der Waals surface area contributed by atoms with Gasteiger partial charge in [0.05, 0.1) is 88.2 Å². The Kier molecular flexibility index (Phi) is 23.4. The zero-order valence-corrected chi connectivity index (χ0v) is 61.6. The molecule has 35 heteroatoms. The second kappa shape index (κ2) is 33.7. The molecule has 15 aromatic rings. The lowest BCUT2D eigenvalue weighted by molar-refractivity contribution is -0.118. The first-order valence-corrected chi connectivity index (χ1v) is 35.0. The molecule has 4 aromatic carbocycles. The molecule has 0 unspecified atom stereocenters. The van der Waals surface area contributed by atoms with E-state index in [1.165, 1.54) is 47.8 Å². The van der Waals surface area contributed by atoms with Crippen LogP contribution in [0.4, 0.5) is 8.78 Å². The number of allylic oxidation sites excluding steroid dienone is 1. The highest BCUT2D eigenvalue weighted by Gasteiger charge is 2.28. The predicted molar refractivity (Wildman–Crippen MR) is 401 cm³/mol. The lowest BCUT2D eigenvalue weighted by Gasteiger charge is -2.13. The van der Waals surface area contributed by atoms with E-state index in [1.807, 2.05) is 108 Å². The molecule has 11 aromatic heterocycles. The maximum Gasteiger partial charge on any atom is 0.324 e. The van der Waals surface area contributed by atoms with E-state index in [9.17, 15) is 13.6 Å². The van der Waals surface area contributed by atoms with Crippen molar-refractivity contribution in [2.24, 2.45) is 0 Å². The van der Waals surface area contributed by atoms with Crippen molar-refractivity contribution < 1.29 is 37.3 Å². The van der Waals surface area contributed by atoms with Gasteiger partial charge in [-0.25, -0.2) is 58.6 Å². The predicted octanol–water partition coefficient (Wildman–Crippen LogP) is 16.9. The SMILES string of the molecule is CC(F)(F)c1cc(Cl)c2ncn(-c3nc(OCCc4ccccn4)ncc3Cl)c2c1.CC1=C(Oc2ncc(Cl)c(-n3cnc4ccccc43)n2)C(=O)CO1.Clc1cc(Cl)nc(CCOc2ncc(Cl)c(-n3cnc4ccccc43)n2)c1.Clc1cccc(CCOc2ncc(Cl)c(-n3cnc4ccccc43)n2)n1. The number of nitrogens with zero attached hydrogens (tertiary/aromatic N) is 19. The number of benzene rings is 4. The quantitative estimate of drug-likeness (QED) is 0.0680. The molecule has 1 aliphatic heterocycles. The molecule has 16 rings (SSSR count). The Morgan fingerprint density at radius 3 is 1.35 bits per heavy atom. The highest BCUT2D eigenvalue weighted by molar-refractivity contribution is 6.36. The van der Waals surface area contributed by atoms with Gasteiger partial charge in [-0.15, -0.1) is 0 Å². The summed E-state index contributed by atoms with van der Waals surface area (Å²) in [6.07, 6.45) is 15.6. The molecule has 0 bridgehead atoms. The fraction of sp³-hybridized carbons (Fsp3) is 0.139. The Bertz CT molecular complexity index is 5750. The van der Waals surface area contributed by atoms with E-state index in [0.29, 0.717) is 104 Å². The van der Waals surface area contributed by atoms with E-state index in [-0.39, 0.29) is 63.6 Å². The number of imidazole rings is 4. The molecule has 0 saturated heterocycles. The molecule has 25 nitrogen and oxygen atoms in total. The molecule has 0 atom stereocenters. The number of pyridine rings is 3. The van der Waals surface area contributed by atoms with Crippen LogP contribution in [0.5, 0.6) is 24.0 Å². The molecule has 1 aliphatic rings. The summed E-state index contributed by atoms with van der Waals surface area (Å²) in [5.41, 5.74) is 8.06. The van der Waals surface area contributed by atoms with Crippen LogP contribution in [-0.2, 0) is 34.7 Å². The van der Waals surface area contributed by atoms with Gasteiger partial charge in [0.15, 0.2) is 29.9 Å². The number of aromatic nitrogens is 19. The van der Waals surface area contributed by atoms with Crippen molar-refractivity contribution >= 4 is 143 Å². The largest absolute Gasteiger partial charge is 0.486 e. The van der Waals surface area contributed by atoms with Crippen molar-refractivity contribution in [3.8, 4) is 47.3 Å². The Balaban J connectivity index is 0.000000126. The Morgan fingerprint density at radius 1 is 0.439 bits per heavy atom. The minimum Gasteiger partial charge on any atom is -0.486 e. The van der Waals surface area contributed by atoms with Crippen LogP contribution in [0.3, 0.4) is 0 Å². The van der Waals surface area contributed by atoms with Gasteiger partial charge < -0.3 is 23.7 Å². The summed E-state index contributed by atoms with van der Waals surface area (Å²) in [4.78, 5) is 75.4. The molecular weight excluding hydrogens is 1550 g/mol. The maximum absolute atomic E-state index is 13.9. The molecule has 0 saturated carbocycles. The molecule has 0 spiro atoms. The average Bonchev–Trinajstić information content (AvgIpc) is 1.69. The second-order valence-electron chi connectivity index (χ2n) is 22.8. The highest BCUT2D eigenvalue weighted by Crippen LogP contribution is 2.36. The van der Waals surface area contributed by atoms with Crippen molar-refractivity contribution in [3.05, 3.63) is 264 Å². The van der Waals surface area contributed by atoms with Crippen molar-refractivity contribution in [2.45, 2.75) is 39.0 Å². The van der Waals surface area contributed by atoms with Gasteiger partial charge in [-0.1, -0.05) is 141 Å². The molecule has 0 amide bonds. The second-order valence-corrected chi connectivity index (χ2v) is 26.0. The third-order valence-electron chi connectivity index (χ3n) is 15.5. The zero-order chi connectivity index (χ0) is 74.7. The first-order chi connectivity index (χ1) is 51.8. The van der Waals surface area contributed by atoms with E-state index in [2.05, 4.69) is 74.8 Å². The Morgan fingerprint density at radius 2 is 0.879 bits per heavy atom. The van der Waals surface area contributed by atoms with Gasteiger partial charge in [-0.2, -0.15) is 19.9 Å². The number of halogens is 10. The number of carbonyl (C=O) groups excluding carboxylic acids is 1. The molecular formula is C72H51Cl8F2N19O6. The number of carbonyl (C=O) groups is 1. The molecule has 0 N–H and O–H groups in total. The van der Waals surface area contributed by atoms with Crippen molar-refractivity contribution in [3.63, 3.8) is 0 Å². The summed E-state index contributed by atoms with van der Waals surface area (Å²) < 4.78 is 62.1. The van der Waals surface area contributed by atoms with Crippen LogP contribution in [0.2, 0.25) is 40.4 Å². The van der Waals surface area contributed by atoms with Gasteiger partial charge in [-0.05, 0) is 91.9 Å². The average molecular weight is 1600 g/mol. The van der Waals surface area contributed by atoms with E-state index in [0.717, 1.165) is 57.1 Å². The topological polar surface area (TPSA) is 276 Å². The number of hydrogen-bond donors (Lipinski definition) is 0. The summed E-state index contributed by atoms with van der Waals surface area (Å²) in [5.74, 6) is -1.12. The van der Waals surface area contributed by atoms with Crippen LogP contribution in [-0.4, -0.2) is 125 Å². The summed E-state index contributed by atoms with van der Waals surface area (Å²) >= 11 is 49.0. The van der Waals surface area contributed by atoms with E-state index in [4.69, 9.17) is 116 Å². The molecule has 0 fully saturated rings. The van der Waals surface area contributed by atoms with Crippen molar-refractivity contribution in [1.82, 2.24) is 93.0 Å². The number of ketones is 1. The fourth-order valence-electron chi connectivity index (χ4n) is 10.4. The number of para-hydroxylation sites is 6. The maximum atomic E-state index is 13.9. The summed E-state index contributed by atoms with van der Waals surface area (Å²) in [5, 5.41) is 2.79. The third kappa shape index (κ3) is 18.2. The van der Waals surface area contributed by atoms with Crippen LogP contribution in [0.25, 0.3) is 67.4 Å². The first kappa shape index (κ1) is 74.4. The van der Waals surface area contributed by atoms with E-state index in [1.54, 1.807) is 59.4 Å². The first-order valence-electron chi connectivity index (χ1n) is 32.0. The number of ether oxygens (including phenoxy) is 5. The summed E-state index contributed by atoms with van der Waals surface area (Å²) in [7, 11) is 0. The van der Waals surface area contributed by atoms with Gasteiger partial charge in [0.2, 0.25) is 11.5 Å². The lowest BCUT2D eigenvalue weighted by atomic mass is 10.1. The van der Waals surface area contributed by atoms with Crippen molar-refractivity contribution in [1.29, 1.82) is 0 Å². The summed E-state index contributed by atoms with van der Waals surface area (Å²) in [6.45, 7) is 3.42. The van der Waals surface area contributed by atoms with Crippen LogP contribution in [0, 0.1) is 0 Å². The third-order valence-corrected chi connectivity index (χ3v) is 17.4. The molecule has 540 valence electrons. The van der Waals surface area contributed by atoms with E-state index >= 15 is 0 Å².